The van der Waals surface area contributed by atoms with Gasteiger partial charge in [-0.1, -0.05) is 11.6 Å². The van der Waals surface area contributed by atoms with E-state index in [1.54, 1.807) is 19.1 Å². The van der Waals surface area contributed by atoms with Gasteiger partial charge in [-0.15, -0.1) is 0 Å². The molecule has 4 rings (SSSR count). The maximum atomic E-state index is 13.6. The zero-order chi connectivity index (χ0) is 29.6. The minimum absolute atomic E-state index is 0.0588. The molecule has 0 aliphatic carbocycles. The van der Waals surface area contributed by atoms with Crippen LogP contribution in [0.5, 0.6) is 5.75 Å². The van der Waals surface area contributed by atoms with Crippen LogP contribution >= 0.6 is 11.6 Å². The summed E-state index contributed by atoms with van der Waals surface area (Å²) in [5, 5.41) is 3.03. The topological polar surface area (TPSA) is 122 Å². The Morgan fingerprint density at radius 1 is 0.805 bits per heavy atom. The van der Waals surface area contributed by atoms with E-state index in [1.165, 1.54) is 72.8 Å². The summed E-state index contributed by atoms with van der Waals surface area (Å²) in [5.41, 5.74) is 0.629. The molecular weight excluding hydrogens is 593 g/mol. The van der Waals surface area contributed by atoms with E-state index in [0.717, 1.165) is 16.4 Å². The van der Waals surface area contributed by atoms with Crippen molar-refractivity contribution in [2.75, 3.05) is 27.5 Å². The first-order chi connectivity index (χ1) is 19.5. The first kappa shape index (κ1) is 29.8. The third-order valence-corrected chi connectivity index (χ3v) is 9.11. The van der Waals surface area contributed by atoms with E-state index in [0.29, 0.717) is 23.1 Å². The van der Waals surface area contributed by atoms with E-state index in [4.69, 9.17) is 16.3 Å². The average molecular weight is 618 g/mol. The van der Waals surface area contributed by atoms with Crippen LogP contribution in [0.1, 0.15) is 6.92 Å². The summed E-state index contributed by atoms with van der Waals surface area (Å²) in [4.78, 5) is 12.8. The van der Waals surface area contributed by atoms with E-state index in [-0.39, 0.29) is 21.2 Å². The van der Waals surface area contributed by atoms with E-state index in [1.807, 2.05) is 0 Å². The molecule has 0 aliphatic rings. The summed E-state index contributed by atoms with van der Waals surface area (Å²) < 4.78 is 74.7. The fourth-order valence-electron chi connectivity index (χ4n) is 3.70. The maximum Gasteiger partial charge on any atom is 0.264 e. The summed E-state index contributed by atoms with van der Waals surface area (Å²) in [5.74, 6) is -0.803. The highest BCUT2D eigenvalue weighted by atomic mass is 35.5. The highest BCUT2D eigenvalue weighted by Gasteiger charge is 2.27. The molecule has 41 heavy (non-hydrogen) atoms. The number of ether oxygens (including phenoxy) is 1. The molecule has 0 unspecified atom stereocenters. The first-order valence-electron chi connectivity index (χ1n) is 12.2. The Hall–Kier alpha value is -4.13. The molecular formula is C28H25ClFN3O6S2. The number of halogens is 2. The van der Waals surface area contributed by atoms with Crippen molar-refractivity contribution >= 4 is 54.6 Å². The zero-order valence-corrected chi connectivity index (χ0v) is 24.0. The molecule has 0 spiro atoms. The standard InChI is InChI=1S/C28H25ClFN3O6S2/c1-2-39-25-13-17-27(18-14-25)41(37,38)33(24-11-5-21(30)6-12-24)19-28(34)31-22-9-15-26(16-10-22)40(35,36)32-23-7-3-20(29)4-8-23/h3-18,32H,2,19H2,1H3,(H,31,34). The highest BCUT2D eigenvalue weighted by molar-refractivity contribution is 7.93. The van der Waals surface area contributed by atoms with Crippen LogP contribution in [-0.4, -0.2) is 35.9 Å². The Balaban J connectivity index is 1.52. The van der Waals surface area contributed by atoms with E-state index < -0.39 is 38.3 Å². The molecule has 0 radical (unpaired) electrons. The third-order valence-electron chi connectivity index (χ3n) is 5.67. The molecule has 0 saturated heterocycles. The summed E-state index contributed by atoms with van der Waals surface area (Å²) in [6.07, 6.45) is 0. The van der Waals surface area contributed by atoms with Gasteiger partial charge in [0.1, 0.15) is 18.1 Å². The van der Waals surface area contributed by atoms with Crippen LogP contribution in [0.25, 0.3) is 0 Å². The van der Waals surface area contributed by atoms with Crippen molar-refractivity contribution < 1.29 is 30.8 Å². The van der Waals surface area contributed by atoms with Crippen LogP contribution in [0.2, 0.25) is 5.02 Å². The van der Waals surface area contributed by atoms with Gasteiger partial charge < -0.3 is 10.1 Å². The number of hydrogen-bond acceptors (Lipinski definition) is 6. The maximum absolute atomic E-state index is 13.6. The summed E-state index contributed by atoms with van der Waals surface area (Å²) in [6.45, 7) is 1.56. The van der Waals surface area contributed by atoms with Crippen LogP contribution in [0.3, 0.4) is 0 Å². The summed E-state index contributed by atoms with van der Waals surface area (Å²) in [7, 11) is -8.17. The van der Waals surface area contributed by atoms with Crippen molar-refractivity contribution in [3.05, 3.63) is 108 Å². The van der Waals surface area contributed by atoms with Gasteiger partial charge in [-0.2, -0.15) is 0 Å². The molecule has 0 aliphatic heterocycles. The lowest BCUT2D eigenvalue weighted by Crippen LogP contribution is -2.38. The number of benzene rings is 4. The second kappa shape index (κ2) is 12.6. The van der Waals surface area contributed by atoms with Crippen molar-refractivity contribution in [1.29, 1.82) is 0 Å². The number of carbonyl (C=O) groups excluding carboxylic acids is 1. The number of amides is 1. The largest absolute Gasteiger partial charge is 0.494 e. The van der Waals surface area contributed by atoms with Crippen LogP contribution in [-0.2, 0) is 24.8 Å². The van der Waals surface area contributed by atoms with Gasteiger partial charge in [-0.3, -0.25) is 13.8 Å². The van der Waals surface area contributed by atoms with Crippen molar-refractivity contribution in [1.82, 2.24) is 0 Å². The number of carbonyl (C=O) groups is 1. The number of rotatable bonds is 11. The third kappa shape index (κ3) is 7.54. The smallest absolute Gasteiger partial charge is 0.264 e. The van der Waals surface area contributed by atoms with Crippen molar-refractivity contribution in [3.8, 4) is 5.75 Å². The average Bonchev–Trinajstić information content (AvgIpc) is 2.94. The molecule has 0 saturated carbocycles. The van der Waals surface area contributed by atoms with Crippen molar-refractivity contribution in [3.63, 3.8) is 0 Å². The predicted molar refractivity (Wildman–Crippen MR) is 156 cm³/mol. The fourth-order valence-corrected chi connectivity index (χ4v) is 6.31. The van der Waals surface area contributed by atoms with Gasteiger partial charge in [-0.05, 0) is 104 Å². The molecule has 9 nitrogen and oxygen atoms in total. The highest BCUT2D eigenvalue weighted by Crippen LogP contribution is 2.26. The van der Waals surface area contributed by atoms with Gasteiger partial charge in [0.25, 0.3) is 20.0 Å². The number of nitrogens with one attached hydrogen (secondary N) is 2. The van der Waals surface area contributed by atoms with E-state index >= 15 is 0 Å². The van der Waals surface area contributed by atoms with Gasteiger partial charge in [0, 0.05) is 16.4 Å². The summed E-state index contributed by atoms with van der Waals surface area (Å²) in [6, 6.07) is 21.8. The van der Waals surface area contributed by atoms with Gasteiger partial charge in [-0.25, -0.2) is 21.2 Å². The minimum Gasteiger partial charge on any atom is -0.494 e. The second-order valence-corrected chi connectivity index (χ2v) is 12.6. The van der Waals surface area contributed by atoms with Crippen LogP contribution in [0.4, 0.5) is 21.5 Å². The quantitative estimate of drug-likeness (QED) is 0.229. The molecule has 2 N–H and O–H groups in total. The van der Waals surface area contributed by atoms with E-state index in [2.05, 4.69) is 10.0 Å². The number of nitrogens with zero attached hydrogens (tertiary/aromatic N) is 1. The zero-order valence-electron chi connectivity index (χ0n) is 21.6. The molecule has 214 valence electrons. The Kier molecular flexibility index (Phi) is 9.16. The number of hydrogen-bond donors (Lipinski definition) is 2. The van der Waals surface area contributed by atoms with Gasteiger partial charge in [0.05, 0.1) is 22.1 Å². The number of anilines is 3. The van der Waals surface area contributed by atoms with Gasteiger partial charge in [0.15, 0.2) is 0 Å². The molecule has 0 heterocycles. The SMILES string of the molecule is CCOc1ccc(S(=O)(=O)N(CC(=O)Nc2ccc(S(=O)(=O)Nc3ccc(Cl)cc3)cc2)c2ccc(F)cc2)cc1. The Labute approximate surface area is 242 Å². The lowest BCUT2D eigenvalue weighted by molar-refractivity contribution is -0.114. The van der Waals surface area contributed by atoms with Gasteiger partial charge in [0.2, 0.25) is 5.91 Å². The fraction of sp³-hybridized carbons (Fsp3) is 0.107. The molecule has 0 atom stereocenters. The molecule has 1 amide bonds. The normalized spacial score (nSPS) is 11.5. The lowest BCUT2D eigenvalue weighted by atomic mass is 10.3. The Bertz CT molecular complexity index is 1720. The first-order valence-corrected chi connectivity index (χ1v) is 15.5. The van der Waals surface area contributed by atoms with E-state index in [9.17, 15) is 26.0 Å². The Morgan fingerprint density at radius 2 is 1.37 bits per heavy atom. The minimum atomic E-state index is -4.25. The van der Waals surface area contributed by atoms with Crippen molar-refractivity contribution in [2.24, 2.45) is 0 Å². The van der Waals surface area contributed by atoms with Crippen LogP contribution in [0, 0.1) is 5.82 Å². The molecule has 4 aromatic carbocycles. The predicted octanol–water partition coefficient (Wildman–Crippen LogP) is 5.51. The van der Waals surface area contributed by atoms with Crippen LogP contribution < -0.4 is 19.1 Å². The molecule has 0 fully saturated rings. The Morgan fingerprint density at radius 3 is 1.95 bits per heavy atom. The molecule has 13 heteroatoms. The summed E-state index contributed by atoms with van der Waals surface area (Å²) >= 11 is 5.84. The monoisotopic (exact) mass is 617 g/mol. The molecule has 4 aromatic rings. The lowest BCUT2D eigenvalue weighted by Gasteiger charge is -2.24. The molecule has 0 aromatic heterocycles. The molecule has 0 bridgehead atoms. The van der Waals surface area contributed by atoms with Crippen molar-refractivity contribution in [2.45, 2.75) is 16.7 Å². The second-order valence-electron chi connectivity index (χ2n) is 8.58. The van der Waals surface area contributed by atoms with Crippen LogP contribution in [0.15, 0.2) is 107 Å². The number of sulfonamides is 2. The van der Waals surface area contributed by atoms with Gasteiger partial charge >= 0.3 is 0 Å².